The quantitative estimate of drug-likeness (QED) is 0.631. The van der Waals surface area contributed by atoms with Gasteiger partial charge in [-0.2, -0.15) is 4.99 Å². The zero-order valence-electron chi connectivity index (χ0n) is 11.3. The molecule has 0 bridgehead atoms. The van der Waals surface area contributed by atoms with Gasteiger partial charge < -0.3 is 9.15 Å². The monoisotopic (exact) mass is 291 g/mol. The van der Waals surface area contributed by atoms with Gasteiger partial charge in [0.1, 0.15) is 5.76 Å². The molecule has 0 amide bonds. The fraction of sp³-hybridized carbons (Fsp3) is 0.400. The first-order valence-electron chi connectivity index (χ1n) is 6.47. The predicted molar refractivity (Wildman–Crippen MR) is 76.2 cm³/mol. The van der Waals surface area contributed by atoms with Crippen LogP contribution in [0.2, 0.25) is 5.02 Å². The van der Waals surface area contributed by atoms with E-state index in [1.807, 2.05) is 19.1 Å². The van der Waals surface area contributed by atoms with Gasteiger partial charge in [-0.15, -0.1) is 0 Å². The number of carbonyl (C=O) groups excluding carboxylic acids is 1. The minimum atomic E-state index is -0.550. The van der Waals surface area contributed by atoms with Crippen LogP contribution >= 0.6 is 11.6 Å². The van der Waals surface area contributed by atoms with Crippen molar-refractivity contribution >= 4 is 28.7 Å². The second-order valence-electron chi connectivity index (χ2n) is 5.13. The molecule has 5 heteroatoms. The Kier molecular flexibility index (Phi) is 3.08. The molecule has 1 aliphatic carbocycles. The Bertz CT molecular complexity index is 724. The second-order valence-corrected chi connectivity index (χ2v) is 5.51. The van der Waals surface area contributed by atoms with E-state index in [2.05, 4.69) is 4.99 Å². The third kappa shape index (κ3) is 1.76. The van der Waals surface area contributed by atoms with E-state index in [9.17, 15) is 4.79 Å². The molecule has 1 aromatic heterocycles. The van der Waals surface area contributed by atoms with Gasteiger partial charge in [-0.05, 0) is 38.3 Å². The number of hydrogen-bond acceptors (Lipinski definition) is 4. The molecule has 0 saturated heterocycles. The van der Waals surface area contributed by atoms with Crippen molar-refractivity contribution in [3.05, 3.63) is 28.5 Å². The molecule has 0 unspecified atom stereocenters. The lowest BCUT2D eigenvalue weighted by molar-refractivity contribution is 0.255. The fourth-order valence-electron chi connectivity index (χ4n) is 2.80. The summed E-state index contributed by atoms with van der Waals surface area (Å²) in [7, 11) is 1.58. The van der Waals surface area contributed by atoms with E-state index < -0.39 is 5.54 Å². The molecule has 0 N–H and O–H groups in total. The molecule has 1 aliphatic rings. The molecule has 0 atom stereocenters. The Morgan fingerprint density at radius 3 is 2.75 bits per heavy atom. The Morgan fingerprint density at radius 1 is 1.45 bits per heavy atom. The highest BCUT2D eigenvalue weighted by Gasteiger charge is 2.41. The van der Waals surface area contributed by atoms with Gasteiger partial charge in [-0.25, -0.2) is 4.79 Å². The Labute approximate surface area is 121 Å². The van der Waals surface area contributed by atoms with Crippen molar-refractivity contribution in [2.45, 2.75) is 31.7 Å². The summed E-state index contributed by atoms with van der Waals surface area (Å²) in [5, 5.41) is 1.38. The van der Waals surface area contributed by atoms with Crippen molar-refractivity contribution in [2.75, 3.05) is 7.11 Å². The van der Waals surface area contributed by atoms with Crippen LogP contribution in [0.1, 0.15) is 30.6 Å². The smallest absolute Gasteiger partial charge is 0.235 e. The normalized spacial score (nSPS) is 16.6. The topological polar surface area (TPSA) is 51.8 Å². The molecule has 4 nitrogen and oxygen atoms in total. The summed E-state index contributed by atoms with van der Waals surface area (Å²) in [4.78, 5) is 14.7. The fourth-order valence-corrected chi connectivity index (χ4v) is 3.17. The summed E-state index contributed by atoms with van der Waals surface area (Å²) < 4.78 is 11.0. The lowest BCUT2D eigenvalue weighted by atomic mass is 9.72. The van der Waals surface area contributed by atoms with E-state index in [0.29, 0.717) is 16.4 Å². The highest BCUT2D eigenvalue weighted by Crippen LogP contribution is 2.50. The third-order valence-corrected chi connectivity index (χ3v) is 4.40. The number of aliphatic imine (C=N–C) groups is 1. The molecule has 1 heterocycles. The number of benzene rings is 1. The maximum atomic E-state index is 10.7. The highest BCUT2D eigenvalue weighted by atomic mass is 35.5. The minimum absolute atomic E-state index is 0.550. The molecule has 2 aromatic rings. The average Bonchev–Trinajstić information content (AvgIpc) is 2.77. The molecule has 20 heavy (non-hydrogen) atoms. The van der Waals surface area contributed by atoms with Gasteiger partial charge in [-0.3, -0.25) is 0 Å². The van der Waals surface area contributed by atoms with E-state index in [0.717, 1.165) is 36.0 Å². The van der Waals surface area contributed by atoms with Gasteiger partial charge in [0.25, 0.3) is 0 Å². The van der Waals surface area contributed by atoms with Gasteiger partial charge >= 0.3 is 0 Å². The summed E-state index contributed by atoms with van der Waals surface area (Å²) in [5.74, 6) is 1.37. The predicted octanol–water partition coefficient (Wildman–Crippen LogP) is 4.12. The van der Waals surface area contributed by atoms with E-state index in [4.69, 9.17) is 20.8 Å². The van der Waals surface area contributed by atoms with Gasteiger partial charge in [-0.1, -0.05) is 11.6 Å². The van der Waals surface area contributed by atoms with Crippen LogP contribution in [-0.4, -0.2) is 13.2 Å². The molecule has 0 spiro atoms. The largest absolute Gasteiger partial charge is 0.493 e. The summed E-state index contributed by atoms with van der Waals surface area (Å²) >= 11 is 6.51. The maximum Gasteiger partial charge on any atom is 0.235 e. The number of ether oxygens (including phenoxy) is 1. The Hall–Kier alpha value is -1.77. The number of methoxy groups -OCH3 is 1. The Morgan fingerprint density at radius 2 is 2.20 bits per heavy atom. The molecule has 1 aromatic carbocycles. The second kappa shape index (κ2) is 4.65. The first-order valence-corrected chi connectivity index (χ1v) is 6.85. The molecular weight excluding hydrogens is 278 g/mol. The van der Waals surface area contributed by atoms with Gasteiger partial charge in [0.15, 0.2) is 11.3 Å². The number of aryl methyl sites for hydroxylation is 1. The lowest BCUT2D eigenvalue weighted by Crippen LogP contribution is -2.32. The van der Waals surface area contributed by atoms with E-state index in [1.54, 1.807) is 13.2 Å². The van der Waals surface area contributed by atoms with Crippen LogP contribution in [0, 0.1) is 6.92 Å². The highest BCUT2D eigenvalue weighted by molar-refractivity contribution is 6.36. The summed E-state index contributed by atoms with van der Waals surface area (Å²) in [6.45, 7) is 1.86. The van der Waals surface area contributed by atoms with Crippen LogP contribution in [0.3, 0.4) is 0 Å². The maximum absolute atomic E-state index is 10.7. The van der Waals surface area contributed by atoms with Crippen LogP contribution < -0.4 is 4.74 Å². The first-order chi connectivity index (χ1) is 9.61. The molecule has 1 fully saturated rings. The number of nitrogens with zero attached hydrogens (tertiary/aromatic N) is 1. The molecule has 1 saturated carbocycles. The summed E-state index contributed by atoms with van der Waals surface area (Å²) in [6.07, 6.45) is 4.30. The van der Waals surface area contributed by atoms with Crippen molar-refractivity contribution in [1.29, 1.82) is 0 Å². The SMILES string of the molecule is COc1cc(C2(N=C=O)CCC2)c(Cl)c2cc(C)oc12. The zero-order chi connectivity index (χ0) is 14.3. The van der Waals surface area contributed by atoms with Crippen molar-refractivity contribution in [2.24, 2.45) is 4.99 Å². The Balaban J connectivity index is 2.31. The standard InChI is InChI=1S/C15H14ClNO3/c1-9-6-10-13(16)11(7-12(19-2)14(10)20-9)15(17-8-18)4-3-5-15/h6-7H,3-5H2,1-2H3. The summed E-state index contributed by atoms with van der Waals surface area (Å²) in [6, 6.07) is 3.70. The van der Waals surface area contributed by atoms with Crippen LogP contribution in [0.4, 0.5) is 0 Å². The lowest BCUT2D eigenvalue weighted by Gasteiger charge is -2.37. The number of rotatable bonds is 3. The van der Waals surface area contributed by atoms with E-state index in [-0.39, 0.29) is 0 Å². The summed E-state index contributed by atoms with van der Waals surface area (Å²) in [5.41, 5.74) is 0.896. The molecule has 3 rings (SSSR count). The first kappa shape index (κ1) is 13.2. The van der Waals surface area contributed by atoms with E-state index in [1.165, 1.54) is 0 Å². The zero-order valence-corrected chi connectivity index (χ0v) is 12.1. The van der Waals surface area contributed by atoms with Crippen molar-refractivity contribution in [1.82, 2.24) is 0 Å². The molecule has 0 aliphatic heterocycles. The number of fused-ring (bicyclic) bond motifs is 1. The van der Waals surface area contributed by atoms with Gasteiger partial charge in [0.2, 0.25) is 6.08 Å². The minimum Gasteiger partial charge on any atom is -0.493 e. The number of furan rings is 1. The average molecular weight is 292 g/mol. The van der Waals surface area contributed by atoms with E-state index >= 15 is 0 Å². The van der Waals surface area contributed by atoms with Crippen LogP contribution in [-0.2, 0) is 10.3 Å². The van der Waals surface area contributed by atoms with Crippen molar-refractivity contribution < 1.29 is 13.9 Å². The van der Waals surface area contributed by atoms with Crippen LogP contribution in [0.25, 0.3) is 11.0 Å². The number of halogens is 1. The number of isocyanates is 1. The van der Waals surface area contributed by atoms with Crippen molar-refractivity contribution in [3.63, 3.8) is 0 Å². The van der Waals surface area contributed by atoms with Gasteiger partial charge in [0, 0.05) is 10.9 Å². The third-order valence-electron chi connectivity index (χ3n) is 3.99. The molecular formula is C15H14ClNO3. The van der Waals surface area contributed by atoms with Gasteiger partial charge in [0.05, 0.1) is 17.7 Å². The van der Waals surface area contributed by atoms with Crippen LogP contribution in [0.15, 0.2) is 21.5 Å². The molecule has 104 valence electrons. The van der Waals surface area contributed by atoms with Crippen LogP contribution in [0.5, 0.6) is 5.75 Å². The van der Waals surface area contributed by atoms with Crippen molar-refractivity contribution in [3.8, 4) is 5.75 Å². The molecule has 0 radical (unpaired) electrons. The number of hydrogen-bond donors (Lipinski definition) is 0.